The van der Waals surface area contributed by atoms with Crippen LogP contribution in [0.1, 0.15) is 16.8 Å². The lowest BCUT2D eigenvalue weighted by molar-refractivity contribution is -0.384. The van der Waals surface area contributed by atoms with Crippen molar-refractivity contribution in [1.82, 2.24) is 10.4 Å². The van der Waals surface area contributed by atoms with Crippen LogP contribution < -0.4 is 5.43 Å². The summed E-state index contributed by atoms with van der Waals surface area (Å²) < 4.78 is 39.0. The third-order valence-corrected chi connectivity index (χ3v) is 3.08. The van der Waals surface area contributed by atoms with Crippen molar-refractivity contribution in [3.8, 4) is 0 Å². The molecule has 1 heterocycles. The van der Waals surface area contributed by atoms with Gasteiger partial charge in [0.25, 0.3) is 17.3 Å². The minimum atomic E-state index is -5.10. The van der Waals surface area contributed by atoms with Crippen molar-refractivity contribution in [2.75, 3.05) is 0 Å². The number of nitrogens with one attached hydrogen (secondary N) is 1. The smallest absolute Gasteiger partial charge is 0.362 e. The third kappa shape index (κ3) is 2.48. The molecule has 118 valence electrons. The number of alkyl halides is 3. The standard InChI is InChI=1S/C12H10F3N3O4/c1-7-6-11(20,12(13,14)15)17(16-7)10(19)8-2-4-9(5-3-8)18(21)22/h2-5,16,20H,1,6H2. The van der Waals surface area contributed by atoms with Gasteiger partial charge in [0, 0.05) is 29.8 Å². The molecule has 1 aliphatic rings. The number of hydrogen-bond acceptors (Lipinski definition) is 5. The van der Waals surface area contributed by atoms with Crippen molar-refractivity contribution in [3.63, 3.8) is 0 Å². The van der Waals surface area contributed by atoms with Crippen molar-refractivity contribution >= 4 is 11.6 Å². The molecule has 0 spiro atoms. The highest BCUT2D eigenvalue weighted by atomic mass is 19.4. The predicted molar refractivity (Wildman–Crippen MR) is 67.2 cm³/mol. The SMILES string of the molecule is C=C1CC(O)(C(F)(F)F)N(C(=O)c2ccc([N+](=O)[O-])cc2)N1. The van der Waals surface area contributed by atoms with E-state index in [0.29, 0.717) is 0 Å². The molecule has 1 fully saturated rings. The maximum atomic E-state index is 13.0. The number of aliphatic hydroxyl groups is 1. The molecule has 1 unspecified atom stereocenters. The fraction of sp³-hybridized carbons (Fsp3) is 0.250. The first-order valence-corrected chi connectivity index (χ1v) is 5.89. The summed E-state index contributed by atoms with van der Waals surface area (Å²) in [6, 6.07) is 3.95. The normalized spacial score (nSPS) is 21.6. The fourth-order valence-corrected chi connectivity index (χ4v) is 1.97. The monoisotopic (exact) mass is 317 g/mol. The molecular weight excluding hydrogens is 307 g/mol. The zero-order chi connectivity index (χ0) is 16.7. The lowest BCUT2D eigenvalue weighted by atomic mass is 10.1. The van der Waals surface area contributed by atoms with Crippen LogP contribution in [0.5, 0.6) is 0 Å². The van der Waals surface area contributed by atoms with Gasteiger partial charge in [-0.25, -0.2) is 5.01 Å². The van der Waals surface area contributed by atoms with E-state index in [1.165, 1.54) is 0 Å². The van der Waals surface area contributed by atoms with Crippen molar-refractivity contribution in [1.29, 1.82) is 0 Å². The summed E-state index contributed by atoms with van der Waals surface area (Å²) in [6.07, 6.45) is -6.01. The largest absolute Gasteiger partial charge is 0.438 e. The molecule has 1 aliphatic heterocycles. The molecule has 0 aromatic heterocycles. The predicted octanol–water partition coefficient (Wildman–Crippen LogP) is 1.71. The number of halogens is 3. The summed E-state index contributed by atoms with van der Waals surface area (Å²) in [5, 5.41) is 20.3. The fourth-order valence-electron chi connectivity index (χ4n) is 1.97. The molecular formula is C12H10F3N3O4. The number of nitro benzene ring substituents is 1. The molecule has 2 N–H and O–H groups in total. The van der Waals surface area contributed by atoms with Gasteiger partial charge in [0.1, 0.15) is 0 Å². The molecule has 0 bridgehead atoms. The number of rotatable bonds is 2. The maximum Gasteiger partial charge on any atom is 0.438 e. The Morgan fingerprint density at radius 2 is 1.95 bits per heavy atom. The maximum absolute atomic E-state index is 13.0. The van der Waals surface area contributed by atoms with Gasteiger partial charge in [0.2, 0.25) is 0 Å². The summed E-state index contributed by atoms with van der Waals surface area (Å²) in [5.74, 6) is -1.19. The minimum absolute atomic E-state index is 0.0243. The van der Waals surface area contributed by atoms with Crippen molar-refractivity contribution in [2.24, 2.45) is 0 Å². The van der Waals surface area contributed by atoms with Crippen LogP contribution in [-0.2, 0) is 0 Å². The zero-order valence-electron chi connectivity index (χ0n) is 10.9. The second-order valence-corrected chi connectivity index (χ2v) is 4.65. The Morgan fingerprint density at radius 3 is 2.41 bits per heavy atom. The Kier molecular flexibility index (Phi) is 3.57. The lowest BCUT2D eigenvalue weighted by Gasteiger charge is -2.33. The van der Waals surface area contributed by atoms with Gasteiger partial charge >= 0.3 is 6.18 Å². The van der Waals surface area contributed by atoms with E-state index in [1.54, 1.807) is 0 Å². The number of nitrogens with zero attached hydrogens (tertiary/aromatic N) is 2. The number of hydrogen-bond donors (Lipinski definition) is 2. The van der Waals surface area contributed by atoms with Gasteiger partial charge in [-0.2, -0.15) is 13.2 Å². The number of carbonyl (C=O) groups excluding carboxylic acids is 1. The first-order valence-electron chi connectivity index (χ1n) is 5.89. The average molecular weight is 317 g/mol. The van der Waals surface area contributed by atoms with Crippen molar-refractivity contribution < 1.29 is 28.0 Å². The molecule has 0 aliphatic carbocycles. The number of carbonyl (C=O) groups is 1. The van der Waals surface area contributed by atoms with Crippen molar-refractivity contribution in [2.45, 2.75) is 18.3 Å². The number of non-ortho nitro benzene ring substituents is 1. The van der Waals surface area contributed by atoms with E-state index < -0.39 is 29.2 Å². The molecule has 1 atom stereocenters. The van der Waals surface area contributed by atoms with Crippen LogP contribution in [0.25, 0.3) is 0 Å². The first-order chi connectivity index (χ1) is 10.1. The van der Waals surface area contributed by atoms with Crippen LogP contribution in [0.4, 0.5) is 18.9 Å². The molecule has 1 amide bonds. The minimum Gasteiger partial charge on any atom is -0.362 e. The number of benzene rings is 1. The van der Waals surface area contributed by atoms with E-state index in [0.717, 1.165) is 24.3 Å². The summed E-state index contributed by atoms with van der Waals surface area (Å²) in [6.45, 7) is 3.27. The Labute approximate surface area is 121 Å². The molecule has 0 saturated carbocycles. The molecule has 0 radical (unpaired) electrons. The highest BCUT2D eigenvalue weighted by molar-refractivity contribution is 5.95. The van der Waals surface area contributed by atoms with Gasteiger partial charge < -0.3 is 5.11 Å². The summed E-state index contributed by atoms with van der Waals surface area (Å²) >= 11 is 0. The highest BCUT2D eigenvalue weighted by Gasteiger charge is 2.63. The quantitative estimate of drug-likeness (QED) is 0.639. The van der Waals surface area contributed by atoms with Gasteiger partial charge in [0.05, 0.1) is 4.92 Å². The summed E-state index contributed by atoms with van der Waals surface area (Å²) in [5.41, 5.74) is -2.11. The topological polar surface area (TPSA) is 95.7 Å². The van der Waals surface area contributed by atoms with Crippen LogP contribution in [-0.4, -0.2) is 32.8 Å². The van der Waals surface area contributed by atoms with Gasteiger partial charge in [-0.3, -0.25) is 20.3 Å². The second-order valence-electron chi connectivity index (χ2n) is 4.65. The molecule has 7 nitrogen and oxygen atoms in total. The van der Waals surface area contributed by atoms with Gasteiger partial charge in [-0.05, 0) is 12.1 Å². The molecule has 22 heavy (non-hydrogen) atoms. The first kappa shape index (κ1) is 15.8. The van der Waals surface area contributed by atoms with Gasteiger partial charge in [-0.15, -0.1) is 0 Å². The number of hydrazine groups is 1. The highest BCUT2D eigenvalue weighted by Crippen LogP contribution is 2.41. The number of nitro groups is 1. The van der Waals surface area contributed by atoms with Crippen LogP contribution in [0, 0.1) is 10.1 Å². The van der Waals surface area contributed by atoms with E-state index in [9.17, 15) is 33.2 Å². The molecule has 1 aromatic carbocycles. The summed E-state index contributed by atoms with van der Waals surface area (Å²) in [7, 11) is 0. The second kappa shape index (κ2) is 4.98. The van der Waals surface area contributed by atoms with Crippen LogP contribution in [0.15, 0.2) is 36.5 Å². The van der Waals surface area contributed by atoms with Gasteiger partial charge in [0.15, 0.2) is 0 Å². The molecule has 2 rings (SSSR count). The molecule has 10 heteroatoms. The van der Waals surface area contributed by atoms with E-state index in [-0.39, 0.29) is 22.0 Å². The van der Waals surface area contributed by atoms with E-state index >= 15 is 0 Å². The van der Waals surface area contributed by atoms with Crippen molar-refractivity contribution in [3.05, 3.63) is 52.2 Å². The average Bonchev–Trinajstić information content (AvgIpc) is 2.74. The Morgan fingerprint density at radius 1 is 1.41 bits per heavy atom. The molecule has 1 saturated heterocycles. The van der Waals surface area contributed by atoms with E-state index in [1.807, 2.05) is 0 Å². The van der Waals surface area contributed by atoms with E-state index in [4.69, 9.17) is 0 Å². The third-order valence-electron chi connectivity index (χ3n) is 3.08. The molecule has 1 aromatic rings. The van der Waals surface area contributed by atoms with Crippen LogP contribution in [0.2, 0.25) is 0 Å². The Balaban J connectivity index is 2.35. The Bertz CT molecular complexity index is 644. The van der Waals surface area contributed by atoms with Crippen LogP contribution in [0.3, 0.4) is 0 Å². The Hall–Kier alpha value is -2.62. The van der Waals surface area contributed by atoms with Gasteiger partial charge in [-0.1, -0.05) is 6.58 Å². The summed E-state index contributed by atoms with van der Waals surface area (Å²) in [4.78, 5) is 21.9. The number of amides is 1. The van der Waals surface area contributed by atoms with Crippen LogP contribution >= 0.6 is 0 Å². The lowest BCUT2D eigenvalue weighted by Crippen LogP contribution is -2.59. The van der Waals surface area contributed by atoms with E-state index in [2.05, 4.69) is 12.0 Å². The zero-order valence-corrected chi connectivity index (χ0v) is 10.9.